The summed E-state index contributed by atoms with van der Waals surface area (Å²) < 4.78 is 11.0. The number of nitrogens with zero attached hydrogens (tertiary/aromatic N) is 2. The topological polar surface area (TPSA) is 54.8 Å². The Morgan fingerprint density at radius 1 is 0.941 bits per heavy atom. The molecule has 0 bridgehead atoms. The number of pyridine rings is 1. The van der Waals surface area contributed by atoms with Gasteiger partial charge in [0.15, 0.2) is 6.29 Å². The number of hydrogen-bond donors (Lipinski definition) is 1. The molecular formula is C29H34N2O3. The number of benzene rings is 2. The fraction of sp³-hybridized carbons (Fsp3) is 0.414. The minimum absolute atomic E-state index is 0.111. The molecule has 3 aromatic rings. The van der Waals surface area contributed by atoms with Gasteiger partial charge in [-0.25, -0.2) is 0 Å². The highest BCUT2D eigenvalue weighted by atomic mass is 16.7. The first-order valence-corrected chi connectivity index (χ1v) is 12.3. The molecule has 2 aliphatic rings. The van der Waals surface area contributed by atoms with Crippen LogP contribution in [-0.2, 0) is 15.9 Å². The van der Waals surface area contributed by atoms with E-state index in [0.29, 0.717) is 17.6 Å². The third-order valence-corrected chi connectivity index (χ3v) is 7.71. The number of phenols is 1. The highest BCUT2D eigenvalue weighted by Gasteiger charge is 2.33. The van der Waals surface area contributed by atoms with Gasteiger partial charge in [-0.2, -0.15) is 0 Å². The first-order valence-electron chi connectivity index (χ1n) is 12.3. The number of aryl methyl sites for hydroxylation is 1. The summed E-state index contributed by atoms with van der Waals surface area (Å²) in [6.45, 7) is 2.02. The average Bonchev–Trinajstić information content (AvgIpc) is 2.90. The predicted octanol–water partition coefficient (Wildman–Crippen LogP) is 5.48. The summed E-state index contributed by atoms with van der Waals surface area (Å²) >= 11 is 0. The first-order chi connectivity index (χ1) is 16.7. The molecule has 178 valence electrons. The molecule has 1 aliphatic carbocycles. The van der Waals surface area contributed by atoms with Gasteiger partial charge in [-0.05, 0) is 84.2 Å². The maximum absolute atomic E-state index is 10.1. The summed E-state index contributed by atoms with van der Waals surface area (Å²) in [4.78, 5) is 6.87. The molecule has 1 aliphatic heterocycles. The van der Waals surface area contributed by atoms with E-state index in [-0.39, 0.29) is 12.2 Å². The molecule has 5 heteroatoms. The lowest BCUT2D eigenvalue weighted by molar-refractivity contribution is -0.141. The Morgan fingerprint density at radius 3 is 2.38 bits per heavy atom. The summed E-state index contributed by atoms with van der Waals surface area (Å²) in [6.07, 6.45) is 7.88. The van der Waals surface area contributed by atoms with Crippen LogP contribution >= 0.6 is 0 Å². The van der Waals surface area contributed by atoms with Crippen LogP contribution in [0.3, 0.4) is 0 Å². The second kappa shape index (κ2) is 10.2. The lowest BCUT2D eigenvalue weighted by Crippen LogP contribution is -2.39. The smallest absolute Gasteiger partial charge is 0.159 e. The van der Waals surface area contributed by atoms with Crippen molar-refractivity contribution in [2.45, 2.75) is 43.8 Å². The fourth-order valence-corrected chi connectivity index (χ4v) is 5.98. The van der Waals surface area contributed by atoms with Crippen molar-refractivity contribution in [3.05, 3.63) is 89.2 Å². The molecule has 5 nitrogen and oxygen atoms in total. The van der Waals surface area contributed by atoms with Crippen LogP contribution in [0.25, 0.3) is 0 Å². The van der Waals surface area contributed by atoms with Crippen LogP contribution in [0.4, 0.5) is 5.69 Å². The van der Waals surface area contributed by atoms with Crippen molar-refractivity contribution in [3.8, 4) is 5.75 Å². The molecule has 1 saturated heterocycles. The molecule has 0 saturated carbocycles. The number of rotatable bonds is 6. The minimum Gasteiger partial charge on any atom is -0.508 e. The number of piperidine rings is 1. The molecule has 0 unspecified atom stereocenters. The Balaban J connectivity index is 1.40. The van der Waals surface area contributed by atoms with Gasteiger partial charge in [0.1, 0.15) is 5.75 Å². The summed E-state index contributed by atoms with van der Waals surface area (Å²) in [5.41, 5.74) is 6.44. The minimum atomic E-state index is -0.111. The average molecular weight is 459 g/mol. The molecule has 1 N–H and O–H groups in total. The second-order valence-corrected chi connectivity index (χ2v) is 9.55. The Morgan fingerprint density at radius 2 is 1.71 bits per heavy atom. The van der Waals surface area contributed by atoms with E-state index in [4.69, 9.17) is 9.47 Å². The van der Waals surface area contributed by atoms with E-state index in [1.807, 2.05) is 30.6 Å². The molecule has 2 heterocycles. The summed E-state index contributed by atoms with van der Waals surface area (Å²) in [5.74, 6) is 1.41. The van der Waals surface area contributed by atoms with E-state index < -0.39 is 0 Å². The maximum Gasteiger partial charge on any atom is 0.159 e. The highest BCUT2D eigenvalue weighted by molar-refractivity contribution is 5.52. The van der Waals surface area contributed by atoms with Crippen LogP contribution in [-0.4, -0.2) is 43.7 Å². The zero-order valence-electron chi connectivity index (χ0n) is 20.1. The normalized spacial score (nSPS) is 21.0. The van der Waals surface area contributed by atoms with Crippen LogP contribution in [0.15, 0.2) is 67.0 Å². The van der Waals surface area contributed by atoms with Gasteiger partial charge in [-0.1, -0.05) is 24.3 Å². The fourth-order valence-electron chi connectivity index (χ4n) is 5.98. The zero-order chi connectivity index (χ0) is 23.5. The second-order valence-electron chi connectivity index (χ2n) is 9.55. The van der Waals surface area contributed by atoms with Gasteiger partial charge in [0.05, 0.1) is 0 Å². The van der Waals surface area contributed by atoms with Crippen molar-refractivity contribution < 1.29 is 14.6 Å². The summed E-state index contributed by atoms with van der Waals surface area (Å²) in [7, 11) is 3.45. The van der Waals surface area contributed by atoms with Crippen LogP contribution in [0, 0.1) is 5.92 Å². The van der Waals surface area contributed by atoms with Crippen LogP contribution in [0.2, 0.25) is 0 Å². The Bertz CT molecular complexity index is 1070. The number of hydrogen-bond acceptors (Lipinski definition) is 5. The van der Waals surface area contributed by atoms with Crippen molar-refractivity contribution in [2.75, 3.05) is 32.2 Å². The molecular weight excluding hydrogens is 424 g/mol. The van der Waals surface area contributed by atoms with Gasteiger partial charge in [-0.3, -0.25) is 4.98 Å². The number of aromatic hydroxyl groups is 1. The van der Waals surface area contributed by atoms with E-state index in [1.54, 1.807) is 14.2 Å². The van der Waals surface area contributed by atoms with Gasteiger partial charge in [0.25, 0.3) is 0 Å². The molecule has 0 spiro atoms. The Labute approximate surface area is 202 Å². The number of anilines is 1. The Kier molecular flexibility index (Phi) is 6.84. The Hall–Kier alpha value is -2.89. The van der Waals surface area contributed by atoms with Gasteiger partial charge in [-0.15, -0.1) is 0 Å². The molecule has 0 radical (unpaired) electrons. The predicted molar refractivity (Wildman–Crippen MR) is 134 cm³/mol. The van der Waals surface area contributed by atoms with Crippen molar-refractivity contribution in [3.63, 3.8) is 0 Å². The van der Waals surface area contributed by atoms with Crippen molar-refractivity contribution in [1.82, 2.24) is 4.98 Å². The van der Waals surface area contributed by atoms with Crippen LogP contribution in [0.5, 0.6) is 5.75 Å². The monoisotopic (exact) mass is 458 g/mol. The zero-order valence-corrected chi connectivity index (χ0v) is 20.1. The maximum atomic E-state index is 10.1. The van der Waals surface area contributed by atoms with Crippen molar-refractivity contribution >= 4 is 5.69 Å². The molecule has 2 aromatic carbocycles. The number of phenolic OH excluding ortho intramolecular Hbond substituents is 1. The SMILES string of the molecule is COC(OC)C1CCN(c2ccc([C@@H]3c4ccc(O)cc4CC[C@@H]3c3cccnc3)cc2)CC1. The standard InChI is InChI=1S/C29H34N2O3/c1-33-29(34-2)21-13-16-31(17-14-21)24-8-5-20(6-9-24)28-26-12-10-25(32)18-22(26)7-11-27(28)23-4-3-15-30-19-23/h3-6,8-10,12,15,18-19,21,27-29,32H,7,11,13-14,16-17H2,1-2H3/t27-,28-/m1/s1. The molecule has 0 amide bonds. The molecule has 1 fully saturated rings. The lowest BCUT2D eigenvalue weighted by atomic mass is 9.69. The van der Waals surface area contributed by atoms with E-state index in [1.165, 1.54) is 27.9 Å². The summed E-state index contributed by atoms with van der Waals surface area (Å²) in [5, 5.41) is 10.1. The summed E-state index contributed by atoms with van der Waals surface area (Å²) in [6, 6.07) is 19.2. The molecule has 5 rings (SSSR count). The number of ether oxygens (including phenoxy) is 2. The van der Waals surface area contributed by atoms with Gasteiger partial charge >= 0.3 is 0 Å². The number of aromatic nitrogens is 1. The lowest BCUT2D eigenvalue weighted by Gasteiger charge is -2.37. The quantitative estimate of drug-likeness (QED) is 0.496. The van der Waals surface area contributed by atoms with Crippen molar-refractivity contribution in [2.24, 2.45) is 5.92 Å². The number of methoxy groups -OCH3 is 2. The highest BCUT2D eigenvalue weighted by Crippen LogP contribution is 2.47. The number of fused-ring (bicyclic) bond motifs is 1. The van der Waals surface area contributed by atoms with Gasteiger partial charge in [0, 0.05) is 57.2 Å². The van der Waals surface area contributed by atoms with Crippen LogP contribution < -0.4 is 4.90 Å². The van der Waals surface area contributed by atoms with E-state index in [0.717, 1.165) is 38.8 Å². The van der Waals surface area contributed by atoms with Crippen LogP contribution in [0.1, 0.15) is 53.4 Å². The molecule has 1 aromatic heterocycles. The van der Waals surface area contributed by atoms with E-state index >= 15 is 0 Å². The molecule has 2 atom stereocenters. The van der Waals surface area contributed by atoms with E-state index in [2.05, 4.69) is 46.3 Å². The van der Waals surface area contributed by atoms with Gasteiger partial charge < -0.3 is 19.5 Å². The largest absolute Gasteiger partial charge is 0.508 e. The third kappa shape index (κ3) is 4.55. The first kappa shape index (κ1) is 22.9. The van der Waals surface area contributed by atoms with Gasteiger partial charge in [0.2, 0.25) is 0 Å². The third-order valence-electron chi connectivity index (χ3n) is 7.71. The van der Waals surface area contributed by atoms with E-state index in [9.17, 15) is 5.11 Å². The molecule has 34 heavy (non-hydrogen) atoms. The van der Waals surface area contributed by atoms with Crippen molar-refractivity contribution in [1.29, 1.82) is 0 Å².